The van der Waals surface area contributed by atoms with Gasteiger partial charge in [-0.25, -0.2) is 4.79 Å². The maximum absolute atomic E-state index is 11.2. The summed E-state index contributed by atoms with van der Waals surface area (Å²) in [6.07, 6.45) is 25.4. The van der Waals surface area contributed by atoms with Crippen molar-refractivity contribution in [3.8, 4) is 0 Å². The van der Waals surface area contributed by atoms with Gasteiger partial charge in [-0.2, -0.15) is 0 Å². The van der Waals surface area contributed by atoms with Crippen molar-refractivity contribution in [3.05, 3.63) is 0 Å². The molecule has 0 fully saturated rings. The highest BCUT2D eigenvalue weighted by Gasteiger charge is 2.39. The van der Waals surface area contributed by atoms with E-state index >= 15 is 0 Å². The van der Waals surface area contributed by atoms with Crippen LogP contribution in [0.15, 0.2) is 0 Å². The minimum atomic E-state index is -2.46. The van der Waals surface area contributed by atoms with Crippen LogP contribution in [0.25, 0.3) is 0 Å². The molecule has 0 amide bonds. The smallest absolute Gasteiger partial charge is 0.350 e. The Morgan fingerprint density at radius 2 is 1.21 bits per heavy atom. The number of carboxylic acids is 1. The number of carboxylic acid groups (broad SMARTS) is 1. The molecule has 0 spiro atoms. The minimum Gasteiger partial charge on any atom is -0.478 e. The van der Waals surface area contributed by atoms with E-state index in [0.717, 1.165) is 6.42 Å². The van der Waals surface area contributed by atoms with E-state index in [9.17, 15) is 14.5 Å². The molecule has 38 heavy (non-hydrogen) atoms. The first kappa shape index (κ1) is 37.8. The summed E-state index contributed by atoms with van der Waals surface area (Å²) in [5, 5.41) is 16.5. The molecule has 226 valence electrons. The molecule has 0 aromatic rings. The van der Waals surface area contributed by atoms with Gasteiger partial charge in [-0.05, 0) is 18.8 Å². The highest BCUT2D eigenvalue weighted by Crippen LogP contribution is 2.27. The number of rotatable bonds is 29. The van der Waals surface area contributed by atoms with Gasteiger partial charge in [0.25, 0.3) is 5.34 Å². The van der Waals surface area contributed by atoms with Gasteiger partial charge in [-0.3, -0.25) is 4.57 Å². The maximum atomic E-state index is 11.2. The fraction of sp³-hybridized carbons (Fsp3) is 0.967. The molecule has 2 N–H and O–H groups in total. The van der Waals surface area contributed by atoms with Gasteiger partial charge >= 0.3 is 5.97 Å². The van der Waals surface area contributed by atoms with E-state index in [1.165, 1.54) is 122 Å². The molecule has 8 heteroatoms. The van der Waals surface area contributed by atoms with Crippen molar-refractivity contribution in [2.75, 3.05) is 6.61 Å². The highest BCUT2D eigenvalue weighted by atomic mass is 32.1. The van der Waals surface area contributed by atoms with E-state index in [1.807, 2.05) is 6.92 Å². The van der Waals surface area contributed by atoms with E-state index in [1.54, 1.807) is 0 Å². The molecule has 0 aliphatic rings. The number of unbranched alkanes of at least 4 members (excludes halogenated alkanes) is 15. The van der Waals surface area contributed by atoms with Gasteiger partial charge in [0, 0.05) is 0 Å². The average molecular weight is 579 g/mol. The standard InChI is InChI=1S/C30H59O6PS/c1-4-7-9-11-13-14-15-17-19-21-23-26(22-20-18-16-12-10-8-5-2)24-28(38)36-27(6-3)35-25-30(33,37-34)29(31)32/h26-28,33,38H,4-25H2,1-3H3,(H,31,32). The molecule has 6 nitrogen and oxygen atoms in total. The van der Waals surface area contributed by atoms with Crippen molar-refractivity contribution in [2.45, 2.75) is 173 Å². The van der Waals surface area contributed by atoms with Gasteiger partial charge in [0.15, 0.2) is 6.29 Å². The molecule has 0 heterocycles. The van der Waals surface area contributed by atoms with Crippen LogP contribution in [-0.4, -0.2) is 39.9 Å². The first-order valence-electron chi connectivity index (χ1n) is 15.6. The highest BCUT2D eigenvalue weighted by molar-refractivity contribution is 7.80. The van der Waals surface area contributed by atoms with Crippen molar-refractivity contribution >= 4 is 27.1 Å². The Kier molecular flexibility index (Phi) is 25.6. The van der Waals surface area contributed by atoms with Crippen LogP contribution in [0, 0.1) is 5.92 Å². The summed E-state index contributed by atoms with van der Waals surface area (Å²) < 4.78 is 22.5. The molecule has 0 saturated heterocycles. The second-order valence-electron chi connectivity index (χ2n) is 10.9. The van der Waals surface area contributed by atoms with E-state index in [2.05, 4.69) is 26.5 Å². The van der Waals surface area contributed by atoms with Crippen LogP contribution in [0.4, 0.5) is 0 Å². The van der Waals surface area contributed by atoms with Crippen molar-refractivity contribution in [2.24, 2.45) is 5.92 Å². The number of thiol groups is 1. The Hall–Kier alpha value is -0.200. The lowest BCUT2D eigenvalue weighted by atomic mass is 9.91. The van der Waals surface area contributed by atoms with Gasteiger partial charge in [0.05, 0.1) is 0 Å². The topological polar surface area (TPSA) is 93.1 Å². The summed E-state index contributed by atoms with van der Waals surface area (Å²) in [6, 6.07) is 0. The molecule has 0 radical (unpaired) electrons. The summed E-state index contributed by atoms with van der Waals surface area (Å²) >= 11 is 4.67. The van der Waals surface area contributed by atoms with E-state index in [0.29, 0.717) is 12.3 Å². The lowest BCUT2D eigenvalue weighted by Crippen LogP contribution is -2.39. The van der Waals surface area contributed by atoms with Crippen LogP contribution in [-0.2, 0) is 18.8 Å². The minimum absolute atomic E-state index is 0.333. The number of aliphatic hydroxyl groups is 1. The zero-order chi connectivity index (χ0) is 28.5. The van der Waals surface area contributed by atoms with Gasteiger partial charge in [0.1, 0.15) is 12.0 Å². The fourth-order valence-electron chi connectivity index (χ4n) is 4.80. The van der Waals surface area contributed by atoms with Crippen LogP contribution in [0.5, 0.6) is 0 Å². The monoisotopic (exact) mass is 578 g/mol. The fourth-order valence-corrected chi connectivity index (χ4v) is 5.44. The molecular weight excluding hydrogens is 519 g/mol. The SMILES string of the molecule is CCCCCCCCCCCCC(CCCCCCCCC)CC(S)OC(CC)OCC(O)(P=O)C(=O)O. The summed E-state index contributed by atoms with van der Waals surface area (Å²) in [7, 11) is -0.908. The van der Waals surface area contributed by atoms with Crippen LogP contribution in [0.3, 0.4) is 0 Å². The molecular formula is C30H59O6PS. The van der Waals surface area contributed by atoms with Crippen LogP contribution in [0.1, 0.15) is 156 Å². The first-order chi connectivity index (χ1) is 18.3. The summed E-state index contributed by atoms with van der Waals surface area (Å²) in [5.74, 6) is -1.05. The predicted octanol–water partition coefficient (Wildman–Crippen LogP) is 9.53. The van der Waals surface area contributed by atoms with Gasteiger partial charge in [-0.1, -0.05) is 143 Å². The molecule has 0 aromatic carbocycles. The zero-order valence-corrected chi connectivity index (χ0v) is 26.5. The molecule has 0 aliphatic heterocycles. The van der Waals surface area contributed by atoms with Crippen LogP contribution in [0.2, 0.25) is 0 Å². The summed E-state index contributed by atoms with van der Waals surface area (Å²) in [5.41, 5.74) is -0.333. The number of carbonyl (C=O) groups is 1. The third-order valence-corrected chi connectivity index (χ3v) is 8.28. The van der Waals surface area contributed by atoms with E-state index in [-0.39, 0.29) is 5.44 Å². The normalized spacial score (nSPS) is 15.8. The van der Waals surface area contributed by atoms with Gasteiger partial charge < -0.3 is 19.7 Å². The molecule has 0 aromatic heterocycles. The van der Waals surface area contributed by atoms with Crippen molar-refractivity contribution in [1.82, 2.24) is 0 Å². The first-order valence-corrected chi connectivity index (χ1v) is 16.9. The molecule has 0 saturated carbocycles. The maximum Gasteiger partial charge on any atom is 0.350 e. The predicted molar refractivity (Wildman–Crippen MR) is 161 cm³/mol. The van der Waals surface area contributed by atoms with Crippen LogP contribution >= 0.6 is 21.1 Å². The van der Waals surface area contributed by atoms with Crippen molar-refractivity contribution in [3.63, 3.8) is 0 Å². The van der Waals surface area contributed by atoms with Crippen LogP contribution < -0.4 is 0 Å². The lowest BCUT2D eigenvalue weighted by Gasteiger charge is -2.26. The summed E-state index contributed by atoms with van der Waals surface area (Å²) in [6.45, 7) is 5.77. The Labute approximate surface area is 241 Å². The van der Waals surface area contributed by atoms with Crippen molar-refractivity contribution in [1.29, 1.82) is 0 Å². The number of hydrogen-bond donors (Lipinski definition) is 3. The molecule has 0 bridgehead atoms. The largest absolute Gasteiger partial charge is 0.478 e. The van der Waals surface area contributed by atoms with E-state index in [4.69, 9.17) is 14.6 Å². The molecule has 4 atom stereocenters. The number of hydrogen-bond acceptors (Lipinski definition) is 6. The number of aliphatic carboxylic acids is 1. The van der Waals surface area contributed by atoms with Gasteiger partial charge in [0.2, 0.25) is 8.46 Å². The average Bonchev–Trinajstić information content (AvgIpc) is 2.90. The Balaban J connectivity index is 4.53. The van der Waals surface area contributed by atoms with E-state index < -0.39 is 32.7 Å². The zero-order valence-electron chi connectivity index (χ0n) is 24.7. The Morgan fingerprint density at radius 1 is 0.789 bits per heavy atom. The third kappa shape index (κ3) is 20.7. The Bertz CT molecular complexity index is 567. The Morgan fingerprint density at radius 3 is 1.58 bits per heavy atom. The lowest BCUT2D eigenvalue weighted by molar-refractivity contribution is -0.183. The summed E-state index contributed by atoms with van der Waals surface area (Å²) in [4.78, 5) is 11.2. The third-order valence-electron chi connectivity index (χ3n) is 7.32. The molecule has 0 aliphatic carbocycles. The second-order valence-corrected chi connectivity index (χ2v) is 12.4. The second kappa shape index (κ2) is 25.7. The molecule has 0 rings (SSSR count). The quantitative estimate of drug-likeness (QED) is 0.0354. The van der Waals surface area contributed by atoms with Crippen molar-refractivity contribution < 1.29 is 29.0 Å². The van der Waals surface area contributed by atoms with Gasteiger partial charge in [-0.15, -0.1) is 12.6 Å². The molecule has 4 unspecified atom stereocenters. The number of ether oxygens (including phenoxy) is 2.